The molecule has 0 fully saturated rings. The Morgan fingerprint density at radius 3 is 2.24 bits per heavy atom. The third kappa shape index (κ3) is 5.54. The first-order chi connectivity index (χ1) is 14.0. The van der Waals surface area contributed by atoms with E-state index < -0.39 is 10.0 Å². The minimum atomic E-state index is -3.48. The van der Waals surface area contributed by atoms with E-state index in [2.05, 4.69) is 10.0 Å². The molecule has 0 aliphatic heterocycles. The van der Waals surface area contributed by atoms with Crippen molar-refractivity contribution in [3.63, 3.8) is 0 Å². The van der Waals surface area contributed by atoms with Gasteiger partial charge in [0.25, 0.3) is 0 Å². The van der Waals surface area contributed by atoms with Crippen LogP contribution in [0.2, 0.25) is 0 Å². The third-order valence-electron chi connectivity index (χ3n) is 4.00. The number of amides is 1. The number of carbonyl (C=O) groups is 1. The molecule has 7 heteroatoms. The lowest BCUT2D eigenvalue weighted by molar-refractivity contribution is -0.111. The average Bonchev–Trinajstić information content (AvgIpc) is 2.75. The zero-order valence-corrected chi connectivity index (χ0v) is 16.5. The van der Waals surface area contributed by atoms with Gasteiger partial charge >= 0.3 is 0 Å². The Balaban J connectivity index is 1.68. The van der Waals surface area contributed by atoms with E-state index in [0.717, 1.165) is 0 Å². The van der Waals surface area contributed by atoms with E-state index in [0.29, 0.717) is 22.7 Å². The largest absolute Gasteiger partial charge is 0.455 e. The van der Waals surface area contributed by atoms with Crippen LogP contribution in [0, 0.1) is 0 Å². The van der Waals surface area contributed by atoms with Gasteiger partial charge in [0.05, 0.1) is 10.6 Å². The summed E-state index contributed by atoms with van der Waals surface area (Å²) in [6.45, 7) is 0. The molecule has 29 heavy (non-hydrogen) atoms. The lowest BCUT2D eigenvalue weighted by atomic mass is 10.2. The Labute approximate surface area is 169 Å². The quantitative estimate of drug-likeness (QED) is 0.578. The first-order valence-electron chi connectivity index (χ1n) is 8.82. The molecule has 3 rings (SSSR count). The number of rotatable bonds is 7. The third-order valence-corrected chi connectivity index (χ3v) is 5.43. The van der Waals surface area contributed by atoms with Gasteiger partial charge in [-0.25, -0.2) is 13.1 Å². The van der Waals surface area contributed by atoms with Crippen LogP contribution in [-0.2, 0) is 14.8 Å². The van der Waals surface area contributed by atoms with E-state index in [9.17, 15) is 13.2 Å². The molecule has 3 aromatic carbocycles. The van der Waals surface area contributed by atoms with E-state index in [1.807, 2.05) is 36.4 Å². The number of carbonyl (C=O) groups excluding carboxylic acids is 1. The molecule has 3 aromatic rings. The highest BCUT2D eigenvalue weighted by atomic mass is 32.2. The van der Waals surface area contributed by atoms with E-state index in [-0.39, 0.29) is 10.8 Å². The SMILES string of the molecule is CNS(=O)(=O)c1ccc(C=CC(=O)Nc2ccccc2Oc2ccccc2)cc1. The summed E-state index contributed by atoms with van der Waals surface area (Å²) in [4.78, 5) is 12.5. The van der Waals surface area contributed by atoms with Crippen molar-refractivity contribution < 1.29 is 17.9 Å². The van der Waals surface area contributed by atoms with Gasteiger partial charge in [0.15, 0.2) is 5.75 Å². The topological polar surface area (TPSA) is 84.5 Å². The Morgan fingerprint density at radius 2 is 1.55 bits per heavy atom. The van der Waals surface area contributed by atoms with Crippen LogP contribution >= 0.6 is 0 Å². The van der Waals surface area contributed by atoms with Gasteiger partial charge in [0.1, 0.15) is 5.75 Å². The zero-order chi connectivity index (χ0) is 20.7. The van der Waals surface area contributed by atoms with Crippen molar-refractivity contribution in [1.29, 1.82) is 0 Å². The molecule has 6 nitrogen and oxygen atoms in total. The van der Waals surface area contributed by atoms with Gasteiger partial charge in [-0.15, -0.1) is 0 Å². The fraction of sp³-hybridized carbons (Fsp3) is 0.0455. The average molecular weight is 408 g/mol. The van der Waals surface area contributed by atoms with Crippen molar-refractivity contribution in [2.24, 2.45) is 0 Å². The summed E-state index contributed by atoms with van der Waals surface area (Å²) in [7, 11) is -2.13. The number of anilines is 1. The molecule has 2 N–H and O–H groups in total. The minimum absolute atomic E-state index is 0.161. The molecule has 0 radical (unpaired) electrons. The molecule has 0 aliphatic rings. The second-order valence-electron chi connectivity index (χ2n) is 6.01. The smallest absolute Gasteiger partial charge is 0.248 e. The van der Waals surface area contributed by atoms with Gasteiger partial charge in [0, 0.05) is 6.08 Å². The molecule has 0 heterocycles. The molecule has 0 bridgehead atoms. The van der Waals surface area contributed by atoms with E-state index in [1.54, 1.807) is 36.4 Å². The molecule has 0 spiro atoms. The first kappa shape index (κ1) is 20.3. The van der Waals surface area contributed by atoms with Crippen LogP contribution < -0.4 is 14.8 Å². The number of hydrogen-bond donors (Lipinski definition) is 2. The highest BCUT2D eigenvalue weighted by Gasteiger charge is 2.10. The molecular weight excluding hydrogens is 388 g/mol. The van der Waals surface area contributed by atoms with Crippen molar-refractivity contribution in [2.75, 3.05) is 12.4 Å². The Bertz CT molecular complexity index is 1110. The second-order valence-corrected chi connectivity index (χ2v) is 7.90. The summed E-state index contributed by atoms with van der Waals surface area (Å²) in [6.07, 6.45) is 2.98. The summed E-state index contributed by atoms with van der Waals surface area (Å²) in [5.74, 6) is 0.865. The van der Waals surface area contributed by atoms with Gasteiger partial charge in [-0.1, -0.05) is 42.5 Å². The molecule has 0 aliphatic carbocycles. The van der Waals surface area contributed by atoms with Gasteiger partial charge in [-0.3, -0.25) is 4.79 Å². The van der Waals surface area contributed by atoms with E-state index in [4.69, 9.17) is 4.74 Å². The van der Waals surface area contributed by atoms with Gasteiger partial charge in [0.2, 0.25) is 15.9 Å². The van der Waals surface area contributed by atoms with Gasteiger partial charge in [-0.2, -0.15) is 0 Å². The Kier molecular flexibility index (Phi) is 6.43. The number of benzene rings is 3. The molecular formula is C22H20N2O4S. The predicted octanol–water partition coefficient (Wildman–Crippen LogP) is 4.04. The fourth-order valence-electron chi connectivity index (χ4n) is 2.50. The number of para-hydroxylation sites is 3. The molecule has 0 saturated heterocycles. The summed E-state index contributed by atoms with van der Waals surface area (Å²) in [5, 5.41) is 2.79. The number of ether oxygens (including phenoxy) is 1. The van der Waals surface area contributed by atoms with Crippen LogP contribution in [0.25, 0.3) is 6.08 Å². The zero-order valence-electron chi connectivity index (χ0n) is 15.7. The highest BCUT2D eigenvalue weighted by Crippen LogP contribution is 2.29. The first-order valence-corrected chi connectivity index (χ1v) is 10.3. The summed E-state index contributed by atoms with van der Waals surface area (Å²) < 4.78 is 31.6. The van der Waals surface area contributed by atoms with Crippen LogP contribution in [0.4, 0.5) is 5.69 Å². The van der Waals surface area contributed by atoms with Crippen molar-refractivity contribution in [2.45, 2.75) is 4.90 Å². The van der Waals surface area contributed by atoms with E-state index >= 15 is 0 Å². The lowest BCUT2D eigenvalue weighted by Gasteiger charge is -2.11. The molecule has 1 amide bonds. The highest BCUT2D eigenvalue weighted by molar-refractivity contribution is 7.89. The Hall–Kier alpha value is -3.42. The molecule has 148 valence electrons. The van der Waals surface area contributed by atoms with Crippen molar-refractivity contribution in [3.8, 4) is 11.5 Å². The maximum Gasteiger partial charge on any atom is 0.248 e. The number of hydrogen-bond acceptors (Lipinski definition) is 4. The summed E-state index contributed by atoms with van der Waals surface area (Å²) in [5.41, 5.74) is 1.24. The predicted molar refractivity (Wildman–Crippen MR) is 113 cm³/mol. The number of sulfonamides is 1. The van der Waals surface area contributed by atoms with Gasteiger partial charge in [-0.05, 0) is 55.1 Å². The molecule has 0 atom stereocenters. The van der Waals surface area contributed by atoms with Crippen molar-refractivity contribution in [3.05, 3.63) is 90.5 Å². The summed E-state index contributed by atoms with van der Waals surface area (Å²) >= 11 is 0. The van der Waals surface area contributed by atoms with Crippen LogP contribution in [0.15, 0.2) is 89.8 Å². The maximum absolute atomic E-state index is 12.3. The van der Waals surface area contributed by atoms with Crippen LogP contribution in [0.5, 0.6) is 11.5 Å². The van der Waals surface area contributed by atoms with Gasteiger partial charge < -0.3 is 10.1 Å². The Morgan fingerprint density at radius 1 is 0.897 bits per heavy atom. The monoisotopic (exact) mass is 408 g/mol. The lowest BCUT2D eigenvalue weighted by Crippen LogP contribution is -2.18. The normalized spacial score (nSPS) is 11.3. The van der Waals surface area contributed by atoms with Crippen LogP contribution in [-0.4, -0.2) is 21.4 Å². The van der Waals surface area contributed by atoms with Crippen molar-refractivity contribution >= 4 is 27.7 Å². The van der Waals surface area contributed by atoms with E-state index in [1.165, 1.54) is 25.3 Å². The standard InChI is InChI=1S/C22H20N2O4S/c1-23-29(26,27)19-14-11-17(12-15-19)13-16-22(25)24-20-9-5-6-10-21(20)28-18-7-3-2-4-8-18/h2-16,23H,1H3,(H,24,25). The minimum Gasteiger partial charge on any atom is -0.455 e. The van der Waals surface area contributed by atoms with Crippen molar-refractivity contribution in [1.82, 2.24) is 4.72 Å². The summed E-state index contributed by atoms with van der Waals surface area (Å²) in [6, 6.07) is 22.6. The molecule has 0 saturated carbocycles. The second kappa shape index (κ2) is 9.18. The molecule has 0 aromatic heterocycles. The van der Waals surface area contributed by atoms with Crippen LogP contribution in [0.1, 0.15) is 5.56 Å². The fourth-order valence-corrected chi connectivity index (χ4v) is 3.23. The maximum atomic E-state index is 12.3. The van der Waals surface area contributed by atoms with Crippen LogP contribution in [0.3, 0.4) is 0 Å². The molecule has 0 unspecified atom stereocenters. The number of nitrogens with one attached hydrogen (secondary N) is 2.